The molecule has 5 heteroatoms. The van der Waals surface area contributed by atoms with Gasteiger partial charge in [0.15, 0.2) is 9.84 Å². The smallest absolute Gasteiger partial charge is 0.151 e. The Morgan fingerprint density at radius 1 is 1.44 bits per heavy atom. The minimum atomic E-state index is -2.90. The molecule has 1 saturated heterocycles. The highest BCUT2D eigenvalue weighted by Gasteiger charge is 2.25. The lowest BCUT2D eigenvalue weighted by molar-refractivity contribution is 0.436. The Morgan fingerprint density at radius 3 is 2.89 bits per heavy atom. The maximum atomic E-state index is 13.1. The lowest BCUT2D eigenvalue weighted by Gasteiger charge is -2.26. The van der Waals surface area contributed by atoms with Crippen molar-refractivity contribution in [2.45, 2.75) is 31.8 Å². The fraction of sp³-hybridized carbons (Fsp3) is 0.538. The fourth-order valence-electron chi connectivity index (χ4n) is 2.38. The second kappa shape index (κ2) is 5.36. The number of sulfone groups is 1. The van der Waals surface area contributed by atoms with Crippen molar-refractivity contribution in [3.05, 3.63) is 35.6 Å². The van der Waals surface area contributed by atoms with Gasteiger partial charge in [-0.3, -0.25) is 0 Å². The van der Waals surface area contributed by atoms with Gasteiger partial charge in [-0.15, -0.1) is 0 Å². The van der Waals surface area contributed by atoms with Gasteiger partial charge in [-0.25, -0.2) is 12.8 Å². The van der Waals surface area contributed by atoms with Crippen LogP contribution in [0.25, 0.3) is 0 Å². The summed E-state index contributed by atoms with van der Waals surface area (Å²) in [6.07, 6.45) is 1.56. The third-order valence-electron chi connectivity index (χ3n) is 3.30. The minimum Gasteiger partial charge on any atom is -0.306 e. The van der Waals surface area contributed by atoms with Crippen molar-refractivity contribution in [3.63, 3.8) is 0 Å². The maximum absolute atomic E-state index is 13.1. The topological polar surface area (TPSA) is 46.2 Å². The van der Waals surface area contributed by atoms with E-state index in [1.807, 2.05) is 13.0 Å². The molecule has 1 heterocycles. The van der Waals surface area contributed by atoms with E-state index in [0.717, 1.165) is 12.0 Å². The van der Waals surface area contributed by atoms with E-state index >= 15 is 0 Å². The number of halogens is 1. The highest BCUT2D eigenvalue weighted by atomic mass is 32.2. The molecule has 18 heavy (non-hydrogen) atoms. The molecule has 2 atom stereocenters. The van der Waals surface area contributed by atoms with Gasteiger partial charge in [-0.05, 0) is 37.5 Å². The molecule has 0 aliphatic carbocycles. The van der Waals surface area contributed by atoms with Crippen molar-refractivity contribution in [1.29, 1.82) is 0 Å². The predicted molar refractivity (Wildman–Crippen MR) is 69.6 cm³/mol. The molecule has 1 unspecified atom stereocenters. The molecule has 0 aromatic heterocycles. The van der Waals surface area contributed by atoms with Crippen LogP contribution >= 0.6 is 0 Å². The van der Waals surface area contributed by atoms with E-state index in [1.54, 1.807) is 6.07 Å². The van der Waals surface area contributed by atoms with Crippen LogP contribution in [0.5, 0.6) is 0 Å². The van der Waals surface area contributed by atoms with Crippen molar-refractivity contribution in [2.75, 3.05) is 11.5 Å². The predicted octanol–water partition coefficient (Wildman–Crippen LogP) is 2.05. The molecule has 1 aromatic rings. The molecule has 0 amide bonds. The average Bonchev–Trinajstić information content (AvgIpc) is 2.27. The van der Waals surface area contributed by atoms with E-state index < -0.39 is 9.84 Å². The molecular formula is C13H18FNO2S. The zero-order valence-corrected chi connectivity index (χ0v) is 11.2. The van der Waals surface area contributed by atoms with Gasteiger partial charge in [0.1, 0.15) is 5.82 Å². The molecule has 0 radical (unpaired) electrons. The highest BCUT2D eigenvalue weighted by molar-refractivity contribution is 7.91. The van der Waals surface area contributed by atoms with Gasteiger partial charge in [-0.1, -0.05) is 12.1 Å². The van der Waals surface area contributed by atoms with Crippen LogP contribution in [0, 0.1) is 5.82 Å². The molecule has 3 nitrogen and oxygen atoms in total. The Balaban J connectivity index is 2.01. The van der Waals surface area contributed by atoms with Gasteiger partial charge in [0, 0.05) is 12.1 Å². The molecule has 1 aliphatic heterocycles. The zero-order valence-electron chi connectivity index (χ0n) is 10.4. The van der Waals surface area contributed by atoms with Crippen molar-refractivity contribution < 1.29 is 12.8 Å². The summed E-state index contributed by atoms with van der Waals surface area (Å²) in [4.78, 5) is 0. The summed E-state index contributed by atoms with van der Waals surface area (Å²) in [6.45, 7) is 1.93. The average molecular weight is 271 g/mol. The Labute approximate surface area is 107 Å². The van der Waals surface area contributed by atoms with Crippen LogP contribution in [0.4, 0.5) is 4.39 Å². The van der Waals surface area contributed by atoms with E-state index in [-0.39, 0.29) is 23.7 Å². The fourth-order valence-corrected chi connectivity index (χ4v) is 4.03. The second-order valence-corrected chi connectivity index (χ2v) is 7.13. The first-order valence-electron chi connectivity index (χ1n) is 6.18. The Hall–Kier alpha value is -0.940. The molecule has 1 N–H and O–H groups in total. The van der Waals surface area contributed by atoms with Gasteiger partial charge in [0.05, 0.1) is 11.5 Å². The molecule has 0 spiro atoms. The van der Waals surface area contributed by atoms with Crippen molar-refractivity contribution >= 4 is 9.84 Å². The molecule has 0 bridgehead atoms. The van der Waals surface area contributed by atoms with Crippen molar-refractivity contribution in [1.82, 2.24) is 5.32 Å². The van der Waals surface area contributed by atoms with E-state index in [4.69, 9.17) is 0 Å². The summed E-state index contributed by atoms with van der Waals surface area (Å²) in [5.41, 5.74) is 0.845. The van der Waals surface area contributed by atoms with Crippen molar-refractivity contribution in [2.24, 2.45) is 0 Å². The zero-order chi connectivity index (χ0) is 13.2. The lowest BCUT2D eigenvalue weighted by atomic mass is 10.1. The van der Waals surface area contributed by atoms with Crippen LogP contribution in [-0.4, -0.2) is 26.0 Å². The van der Waals surface area contributed by atoms with Gasteiger partial charge >= 0.3 is 0 Å². The van der Waals surface area contributed by atoms with E-state index in [1.165, 1.54) is 12.1 Å². The van der Waals surface area contributed by atoms with Crippen LogP contribution in [-0.2, 0) is 9.84 Å². The summed E-state index contributed by atoms with van der Waals surface area (Å²) in [5.74, 6) is 0.212. The Bertz CT molecular complexity index is 515. The molecule has 1 aromatic carbocycles. The number of hydrogen-bond acceptors (Lipinski definition) is 3. The van der Waals surface area contributed by atoms with Crippen molar-refractivity contribution in [3.8, 4) is 0 Å². The third kappa shape index (κ3) is 3.53. The second-order valence-electron chi connectivity index (χ2n) is 4.90. The van der Waals surface area contributed by atoms with Crippen LogP contribution in [0.3, 0.4) is 0 Å². The summed E-state index contributed by atoms with van der Waals surface area (Å²) >= 11 is 0. The molecular weight excluding hydrogens is 253 g/mol. The van der Waals surface area contributed by atoms with Crippen LogP contribution in [0.15, 0.2) is 24.3 Å². The molecule has 0 saturated carbocycles. The third-order valence-corrected chi connectivity index (χ3v) is 5.12. The standard InChI is InChI=1S/C13H18FNO2S/c1-10(11-4-2-5-12(14)8-11)15-13-6-3-7-18(16,17)9-13/h2,4-5,8,10,13,15H,3,6-7,9H2,1H3/t10-,13?/m1/s1. The van der Waals surface area contributed by atoms with Crippen LogP contribution < -0.4 is 5.32 Å². The van der Waals surface area contributed by atoms with Gasteiger partial charge in [-0.2, -0.15) is 0 Å². The number of benzene rings is 1. The first kappa shape index (κ1) is 13.5. The number of hydrogen-bond donors (Lipinski definition) is 1. The Morgan fingerprint density at radius 2 is 2.22 bits per heavy atom. The van der Waals surface area contributed by atoms with Gasteiger partial charge < -0.3 is 5.32 Å². The number of nitrogens with one attached hydrogen (secondary N) is 1. The van der Waals surface area contributed by atoms with E-state index in [0.29, 0.717) is 12.2 Å². The highest BCUT2D eigenvalue weighted by Crippen LogP contribution is 2.18. The molecule has 100 valence electrons. The normalized spacial score (nSPS) is 24.7. The van der Waals surface area contributed by atoms with Gasteiger partial charge in [0.2, 0.25) is 0 Å². The summed E-state index contributed by atoms with van der Waals surface area (Å²) in [6, 6.07) is 6.33. The maximum Gasteiger partial charge on any atom is 0.151 e. The quantitative estimate of drug-likeness (QED) is 0.915. The molecule has 1 fully saturated rings. The largest absolute Gasteiger partial charge is 0.306 e. The summed E-state index contributed by atoms with van der Waals surface area (Å²) < 4.78 is 36.2. The number of rotatable bonds is 3. The summed E-state index contributed by atoms with van der Waals surface area (Å²) in [7, 11) is -2.90. The molecule has 1 aliphatic rings. The van der Waals surface area contributed by atoms with Gasteiger partial charge in [0.25, 0.3) is 0 Å². The lowest BCUT2D eigenvalue weighted by Crippen LogP contribution is -2.41. The SMILES string of the molecule is C[C@@H](NC1CCCS(=O)(=O)C1)c1cccc(F)c1. The molecule has 2 rings (SSSR count). The van der Waals surface area contributed by atoms with E-state index in [2.05, 4.69) is 5.32 Å². The minimum absolute atomic E-state index is 0.0259. The Kier molecular flexibility index (Phi) is 4.02. The first-order valence-corrected chi connectivity index (χ1v) is 8.00. The van der Waals surface area contributed by atoms with E-state index in [9.17, 15) is 12.8 Å². The van der Waals surface area contributed by atoms with Crippen LogP contribution in [0.1, 0.15) is 31.4 Å². The monoisotopic (exact) mass is 271 g/mol. The van der Waals surface area contributed by atoms with Crippen LogP contribution in [0.2, 0.25) is 0 Å². The summed E-state index contributed by atoms with van der Waals surface area (Å²) in [5, 5.41) is 3.27. The first-order chi connectivity index (χ1) is 8.46.